The summed E-state index contributed by atoms with van der Waals surface area (Å²) in [6.07, 6.45) is 0. The van der Waals surface area contributed by atoms with Gasteiger partial charge in [0.15, 0.2) is 0 Å². The quantitative estimate of drug-likeness (QED) is 0.485. The van der Waals surface area contributed by atoms with E-state index in [1.165, 1.54) is 0 Å². The Hall–Kier alpha value is 1.20. The Morgan fingerprint density at radius 1 is 0.600 bits per heavy atom. The fraction of sp³-hybridized carbons (Fsp3) is 0. The number of hydrogen-bond donors (Lipinski definition) is 0. The molecule has 0 amide bonds. The summed E-state index contributed by atoms with van der Waals surface area (Å²) < 4.78 is 0. The van der Waals surface area contributed by atoms with Crippen molar-refractivity contribution < 1.29 is 57.4 Å². The second kappa shape index (κ2) is 63.4. The Kier molecular flexibility index (Phi) is 1470. The van der Waals surface area contributed by atoms with Gasteiger partial charge in [0.2, 0.25) is 0 Å². The molecule has 0 aromatic carbocycles. The van der Waals surface area contributed by atoms with Crippen LogP contribution in [0.15, 0.2) is 0 Å². The van der Waals surface area contributed by atoms with Crippen molar-refractivity contribution in [2.24, 2.45) is 0 Å². The van der Waals surface area contributed by atoms with Crippen molar-refractivity contribution in [1.82, 2.24) is 0 Å². The first-order valence-electron chi connectivity index (χ1n) is 0. The molecule has 0 bridgehead atoms. The predicted molar refractivity (Wildman–Crippen MR) is 2.06 cm³/mol. The molecule has 3 nitrogen and oxygen atoms in total. The molecule has 0 heterocycles. The van der Waals surface area contributed by atoms with Crippen LogP contribution in [0.5, 0.6) is 0 Å². The van der Waals surface area contributed by atoms with Gasteiger partial charge in [0.05, 0.1) is 0 Å². The van der Waals surface area contributed by atoms with Crippen LogP contribution in [0.4, 0.5) is 0 Å². The van der Waals surface area contributed by atoms with E-state index in [0.717, 1.165) is 0 Å². The minimum absolute atomic E-state index is 0. The molecule has 0 N–H and O–H groups in total. The molecule has 0 rings (SSSR count). The maximum absolute atomic E-state index is 0. The molecule has 0 aliphatic rings. The van der Waals surface area contributed by atoms with E-state index in [1.54, 1.807) is 0 Å². The average molecular weight is 207 g/mol. The monoisotopic (exact) mass is 206 g/mol. The third kappa shape index (κ3) is 36.8. The minimum Gasteiger partial charge on any atom is -2.00 e. The second-order valence-corrected chi connectivity index (χ2v) is 0. The molecule has 0 saturated heterocycles. The van der Waals surface area contributed by atoms with Crippen LogP contribution in [-0.2, 0) is 57.4 Å². The molecule has 0 atom stereocenters. The molecular weight excluding hydrogens is 207 g/mol. The van der Waals surface area contributed by atoms with Crippen LogP contribution in [0.3, 0.4) is 0 Å². The van der Waals surface area contributed by atoms with E-state index in [4.69, 9.17) is 0 Å². The maximum Gasteiger partial charge on any atom is 1.00 e. The third-order valence-corrected chi connectivity index (χ3v) is 0. The SMILES string of the molecule is [Ag+].[O-2].[O-2].[O-2].[V]. The summed E-state index contributed by atoms with van der Waals surface area (Å²) in [5.41, 5.74) is 0. The zero-order valence-electron chi connectivity index (χ0n) is 1.97. The van der Waals surface area contributed by atoms with E-state index in [9.17, 15) is 0 Å². The zero-order chi connectivity index (χ0) is 0. The van der Waals surface area contributed by atoms with Crippen LogP contribution in [0.2, 0.25) is 0 Å². The van der Waals surface area contributed by atoms with Crippen LogP contribution in [-0.4, -0.2) is 0 Å². The summed E-state index contributed by atoms with van der Waals surface area (Å²) >= 11 is 0. The summed E-state index contributed by atoms with van der Waals surface area (Å²) in [4.78, 5) is 0. The normalized spacial score (nSPS) is 0. The third-order valence-electron chi connectivity index (χ3n) is 0. The molecule has 5 heteroatoms. The van der Waals surface area contributed by atoms with Gasteiger partial charge in [0.25, 0.3) is 0 Å². The van der Waals surface area contributed by atoms with Gasteiger partial charge in [-0.2, -0.15) is 0 Å². The summed E-state index contributed by atoms with van der Waals surface area (Å²) in [5, 5.41) is 0. The van der Waals surface area contributed by atoms with Gasteiger partial charge >= 0.3 is 22.4 Å². The van der Waals surface area contributed by atoms with Crippen molar-refractivity contribution in [1.29, 1.82) is 0 Å². The topological polar surface area (TPSA) is 85.5 Å². The van der Waals surface area contributed by atoms with Gasteiger partial charge in [-0.15, -0.1) is 0 Å². The molecule has 39 valence electrons. The molecule has 1 radical (unpaired) electrons. The first kappa shape index (κ1) is 116. The van der Waals surface area contributed by atoms with Crippen LogP contribution in [0, 0.1) is 0 Å². The second-order valence-electron chi connectivity index (χ2n) is 0. The first-order valence-corrected chi connectivity index (χ1v) is 0. The fourth-order valence-corrected chi connectivity index (χ4v) is 0. The van der Waals surface area contributed by atoms with E-state index in [-0.39, 0.29) is 57.4 Å². The molecular formula is AgO3V-5. The average Bonchev–Trinajstić information content (AvgIpc) is 0. The fourth-order valence-electron chi connectivity index (χ4n) is 0. The van der Waals surface area contributed by atoms with E-state index >= 15 is 0 Å². The maximum atomic E-state index is 0. The Labute approximate surface area is 57.5 Å². The smallest absolute Gasteiger partial charge is 1.00 e. The molecule has 0 spiro atoms. The van der Waals surface area contributed by atoms with Crippen molar-refractivity contribution in [3.63, 3.8) is 0 Å². The van der Waals surface area contributed by atoms with Crippen molar-refractivity contribution in [3.05, 3.63) is 0 Å². The van der Waals surface area contributed by atoms with Crippen molar-refractivity contribution in [2.75, 3.05) is 0 Å². The van der Waals surface area contributed by atoms with Crippen LogP contribution in [0.25, 0.3) is 0 Å². The Morgan fingerprint density at radius 3 is 0.600 bits per heavy atom. The zero-order valence-corrected chi connectivity index (χ0v) is 4.85. The van der Waals surface area contributed by atoms with Gasteiger partial charge in [-0.1, -0.05) is 0 Å². The van der Waals surface area contributed by atoms with Crippen LogP contribution >= 0.6 is 0 Å². The Bertz CT molecular complexity index is 6.85. The molecule has 5 heavy (non-hydrogen) atoms. The standard InChI is InChI=1S/Ag.3O.V/q+1;3*-2;. The van der Waals surface area contributed by atoms with Gasteiger partial charge in [0.1, 0.15) is 0 Å². The molecule has 0 aliphatic carbocycles. The van der Waals surface area contributed by atoms with E-state index in [0.29, 0.717) is 0 Å². The van der Waals surface area contributed by atoms with Crippen LogP contribution < -0.4 is 0 Å². The number of rotatable bonds is 0. The molecule has 0 aromatic heterocycles. The first-order chi connectivity index (χ1) is 0. The predicted octanol–water partition coefficient (Wildman–Crippen LogP) is -0.361. The van der Waals surface area contributed by atoms with Crippen molar-refractivity contribution in [2.45, 2.75) is 0 Å². The largest absolute Gasteiger partial charge is 2.00 e. The molecule has 0 fully saturated rings. The van der Waals surface area contributed by atoms with E-state index in [2.05, 4.69) is 0 Å². The Balaban J connectivity index is 0. The van der Waals surface area contributed by atoms with Crippen molar-refractivity contribution >= 4 is 0 Å². The van der Waals surface area contributed by atoms with Gasteiger partial charge in [0, 0.05) is 18.6 Å². The minimum atomic E-state index is 0. The molecule has 0 unspecified atom stereocenters. The van der Waals surface area contributed by atoms with Gasteiger partial charge in [-0.05, 0) is 0 Å². The summed E-state index contributed by atoms with van der Waals surface area (Å²) in [6, 6.07) is 0. The summed E-state index contributed by atoms with van der Waals surface area (Å²) in [5.74, 6) is 0. The summed E-state index contributed by atoms with van der Waals surface area (Å²) in [6.45, 7) is 0. The summed E-state index contributed by atoms with van der Waals surface area (Å²) in [7, 11) is 0. The molecule has 0 saturated carbocycles. The van der Waals surface area contributed by atoms with Gasteiger partial charge in [-0.3, -0.25) is 0 Å². The van der Waals surface area contributed by atoms with E-state index < -0.39 is 0 Å². The Morgan fingerprint density at radius 2 is 0.600 bits per heavy atom. The molecule has 0 aliphatic heterocycles. The van der Waals surface area contributed by atoms with E-state index in [1.807, 2.05) is 0 Å². The van der Waals surface area contributed by atoms with Crippen LogP contribution in [0.1, 0.15) is 0 Å². The number of hydrogen-bond acceptors (Lipinski definition) is 0. The van der Waals surface area contributed by atoms with Crippen molar-refractivity contribution in [3.8, 4) is 0 Å². The molecule has 0 aromatic rings. The van der Waals surface area contributed by atoms with Gasteiger partial charge < -0.3 is 16.4 Å². The van der Waals surface area contributed by atoms with Gasteiger partial charge in [-0.25, -0.2) is 0 Å².